The van der Waals surface area contributed by atoms with Crippen LogP contribution in [0.3, 0.4) is 0 Å². The summed E-state index contributed by atoms with van der Waals surface area (Å²) in [5.41, 5.74) is 9.31. The number of ether oxygens (including phenoxy) is 1. The molecular weight excluding hydrogens is 262 g/mol. The minimum absolute atomic E-state index is 0.424. The Morgan fingerprint density at radius 3 is 2.62 bits per heavy atom. The molecule has 0 heterocycles. The zero-order valence-electron chi connectivity index (χ0n) is 12.5. The maximum absolute atomic E-state index is 5.88. The van der Waals surface area contributed by atoms with E-state index >= 15 is 0 Å². The van der Waals surface area contributed by atoms with E-state index in [2.05, 4.69) is 41.5 Å². The van der Waals surface area contributed by atoms with E-state index in [0.717, 1.165) is 17.9 Å². The van der Waals surface area contributed by atoms with E-state index < -0.39 is 0 Å². The molecule has 0 aliphatic heterocycles. The number of aryl methyl sites for hydroxylation is 1. The molecule has 0 unspecified atom stereocenters. The molecule has 0 saturated heterocycles. The van der Waals surface area contributed by atoms with Crippen molar-refractivity contribution in [1.29, 1.82) is 0 Å². The summed E-state index contributed by atoms with van der Waals surface area (Å²) in [6.07, 6.45) is 0.882. The number of nitrogens with zero attached hydrogens (tertiary/aromatic N) is 1. The molecule has 0 spiro atoms. The fourth-order valence-corrected chi connectivity index (χ4v) is 2.03. The summed E-state index contributed by atoms with van der Waals surface area (Å²) >= 11 is 0. The molecule has 0 saturated carbocycles. The van der Waals surface area contributed by atoms with Crippen molar-refractivity contribution in [2.75, 3.05) is 19.0 Å². The summed E-state index contributed by atoms with van der Waals surface area (Å²) in [5.74, 6) is 1.24. The zero-order chi connectivity index (χ0) is 15.1. The number of hydrogen-bond acceptors (Lipinski definition) is 2. The standard InChI is InChI=1S/C17H21N3O/c1-13-4-3-5-14(12-13)10-11-19-17(18)20-15-6-8-16(21-2)9-7-15/h3-9,12H,10-11H2,1-2H3,(H3,18,19,20). The van der Waals surface area contributed by atoms with Crippen LogP contribution < -0.4 is 15.8 Å². The minimum Gasteiger partial charge on any atom is -0.497 e. The quantitative estimate of drug-likeness (QED) is 0.655. The molecule has 21 heavy (non-hydrogen) atoms. The number of methoxy groups -OCH3 is 1. The Labute approximate surface area is 125 Å². The van der Waals surface area contributed by atoms with Crippen LogP contribution >= 0.6 is 0 Å². The number of aliphatic imine (C=N–C) groups is 1. The van der Waals surface area contributed by atoms with Crippen molar-refractivity contribution in [3.8, 4) is 5.75 Å². The van der Waals surface area contributed by atoms with Crippen molar-refractivity contribution in [2.45, 2.75) is 13.3 Å². The third-order valence-corrected chi connectivity index (χ3v) is 3.13. The summed E-state index contributed by atoms with van der Waals surface area (Å²) in [7, 11) is 1.64. The van der Waals surface area contributed by atoms with Gasteiger partial charge < -0.3 is 15.8 Å². The van der Waals surface area contributed by atoms with Gasteiger partial charge in [-0.25, -0.2) is 0 Å². The van der Waals surface area contributed by atoms with Gasteiger partial charge in [0.25, 0.3) is 0 Å². The van der Waals surface area contributed by atoms with Crippen molar-refractivity contribution in [3.63, 3.8) is 0 Å². The van der Waals surface area contributed by atoms with Crippen molar-refractivity contribution < 1.29 is 4.74 Å². The number of nitrogens with one attached hydrogen (secondary N) is 1. The van der Waals surface area contributed by atoms with E-state index in [4.69, 9.17) is 10.5 Å². The number of guanidine groups is 1. The Morgan fingerprint density at radius 1 is 1.19 bits per heavy atom. The van der Waals surface area contributed by atoms with E-state index in [1.807, 2.05) is 24.3 Å². The van der Waals surface area contributed by atoms with Crippen LogP contribution in [0.1, 0.15) is 11.1 Å². The fourth-order valence-electron chi connectivity index (χ4n) is 2.03. The first-order chi connectivity index (χ1) is 10.2. The highest BCUT2D eigenvalue weighted by atomic mass is 16.5. The van der Waals surface area contributed by atoms with E-state index in [0.29, 0.717) is 12.5 Å². The summed E-state index contributed by atoms with van der Waals surface area (Å²) in [4.78, 5) is 4.34. The number of benzene rings is 2. The van der Waals surface area contributed by atoms with Crippen molar-refractivity contribution in [1.82, 2.24) is 0 Å². The summed E-state index contributed by atoms with van der Waals surface area (Å²) in [5, 5.41) is 3.06. The molecule has 110 valence electrons. The molecule has 0 atom stereocenters. The van der Waals surface area contributed by atoms with Gasteiger partial charge in [-0.15, -0.1) is 0 Å². The van der Waals surface area contributed by atoms with Gasteiger partial charge in [-0.05, 0) is 43.2 Å². The molecule has 4 heteroatoms. The zero-order valence-corrected chi connectivity index (χ0v) is 12.5. The molecule has 0 radical (unpaired) electrons. The monoisotopic (exact) mass is 283 g/mol. The molecule has 0 fully saturated rings. The molecule has 2 aromatic rings. The van der Waals surface area contributed by atoms with E-state index in [1.54, 1.807) is 7.11 Å². The molecule has 0 amide bonds. The van der Waals surface area contributed by atoms with Gasteiger partial charge in [-0.2, -0.15) is 0 Å². The molecule has 0 bridgehead atoms. The molecule has 0 aromatic heterocycles. The van der Waals surface area contributed by atoms with Crippen LogP contribution in [-0.4, -0.2) is 19.6 Å². The molecular formula is C17H21N3O. The number of anilines is 1. The highest BCUT2D eigenvalue weighted by molar-refractivity contribution is 5.92. The molecule has 2 rings (SSSR count). The highest BCUT2D eigenvalue weighted by Crippen LogP contribution is 2.14. The number of hydrogen-bond donors (Lipinski definition) is 2. The maximum Gasteiger partial charge on any atom is 0.193 e. The lowest BCUT2D eigenvalue weighted by atomic mass is 10.1. The van der Waals surface area contributed by atoms with Gasteiger partial charge in [-0.3, -0.25) is 4.99 Å². The molecule has 0 aliphatic rings. The van der Waals surface area contributed by atoms with Crippen LogP contribution in [0.25, 0.3) is 0 Å². The Hall–Kier alpha value is -2.49. The largest absolute Gasteiger partial charge is 0.497 e. The predicted molar refractivity (Wildman–Crippen MR) is 88.0 cm³/mol. The predicted octanol–water partition coefficient (Wildman–Crippen LogP) is 2.97. The summed E-state index contributed by atoms with van der Waals surface area (Å²) < 4.78 is 5.11. The Kier molecular flexibility index (Phi) is 5.21. The second kappa shape index (κ2) is 7.33. The first-order valence-corrected chi connectivity index (χ1v) is 6.94. The van der Waals surface area contributed by atoms with Crippen LogP contribution in [0.4, 0.5) is 5.69 Å². The lowest BCUT2D eigenvalue weighted by molar-refractivity contribution is 0.415. The van der Waals surface area contributed by atoms with Gasteiger partial charge in [0.1, 0.15) is 5.75 Å². The molecule has 4 nitrogen and oxygen atoms in total. The average molecular weight is 283 g/mol. The van der Waals surface area contributed by atoms with Gasteiger partial charge in [-0.1, -0.05) is 29.8 Å². The normalized spacial score (nSPS) is 11.2. The number of rotatable bonds is 5. The molecule has 0 aliphatic carbocycles. The first kappa shape index (κ1) is 14.9. The van der Waals surface area contributed by atoms with Crippen LogP contribution in [-0.2, 0) is 6.42 Å². The third-order valence-electron chi connectivity index (χ3n) is 3.13. The second-order valence-electron chi connectivity index (χ2n) is 4.86. The van der Waals surface area contributed by atoms with Gasteiger partial charge in [0.2, 0.25) is 0 Å². The van der Waals surface area contributed by atoms with E-state index in [-0.39, 0.29) is 0 Å². The van der Waals surface area contributed by atoms with Crippen molar-refractivity contribution in [2.24, 2.45) is 10.7 Å². The first-order valence-electron chi connectivity index (χ1n) is 6.94. The van der Waals surface area contributed by atoms with E-state index in [1.165, 1.54) is 11.1 Å². The smallest absolute Gasteiger partial charge is 0.193 e. The number of nitrogens with two attached hydrogens (primary N) is 1. The van der Waals surface area contributed by atoms with Gasteiger partial charge in [0, 0.05) is 12.2 Å². The topological polar surface area (TPSA) is 59.6 Å². The summed E-state index contributed by atoms with van der Waals surface area (Å²) in [6.45, 7) is 2.75. The van der Waals surface area contributed by atoms with Crippen LogP contribution in [0.15, 0.2) is 53.5 Å². The van der Waals surface area contributed by atoms with Crippen LogP contribution in [0.5, 0.6) is 5.75 Å². The van der Waals surface area contributed by atoms with Gasteiger partial charge in [0.05, 0.1) is 7.11 Å². The molecule has 3 N–H and O–H groups in total. The Bertz CT molecular complexity index is 606. The SMILES string of the molecule is COc1ccc(NC(N)=NCCc2cccc(C)c2)cc1. The fraction of sp³-hybridized carbons (Fsp3) is 0.235. The van der Waals surface area contributed by atoms with Crippen LogP contribution in [0.2, 0.25) is 0 Å². The van der Waals surface area contributed by atoms with Crippen LogP contribution in [0, 0.1) is 6.92 Å². The minimum atomic E-state index is 0.424. The van der Waals surface area contributed by atoms with Gasteiger partial charge in [0.15, 0.2) is 5.96 Å². The van der Waals surface area contributed by atoms with Crippen molar-refractivity contribution in [3.05, 3.63) is 59.7 Å². The van der Waals surface area contributed by atoms with E-state index in [9.17, 15) is 0 Å². The Morgan fingerprint density at radius 2 is 1.95 bits per heavy atom. The Balaban J connectivity index is 1.86. The molecule has 2 aromatic carbocycles. The summed E-state index contributed by atoms with van der Waals surface area (Å²) in [6, 6.07) is 16.0. The highest BCUT2D eigenvalue weighted by Gasteiger charge is 1.97. The van der Waals surface area contributed by atoms with Gasteiger partial charge >= 0.3 is 0 Å². The lowest BCUT2D eigenvalue weighted by Gasteiger charge is -2.07. The second-order valence-corrected chi connectivity index (χ2v) is 4.86. The average Bonchev–Trinajstić information content (AvgIpc) is 2.48. The third kappa shape index (κ3) is 4.84. The lowest BCUT2D eigenvalue weighted by Crippen LogP contribution is -2.23. The maximum atomic E-state index is 5.88. The van der Waals surface area contributed by atoms with Crippen molar-refractivity contribution >= 4 is 11.6 Å².